The number of nitrogens with zero attached hydrogens (tertiary/aromatic N) is 4. The van der Waals surface area contributed by atoms with E-state index in [4.69, 9.17) is 4.98 Å². The van der Waals surface area contributed by atoms with Gasteiger partial charge in [-0.25, -0.2) is 4.98 Å². The highest BCUT2D eigenvalue weighted by Crippen LogP contribution is 2.22. The van der Waals surface area contributed by atoms with E-state index in [1.807, 2.05) is 23.3 Å². The summed E-state index contributed by atoms with van der Waals surface area (Å²) >= 11 is 1.56. The molecule has 0 aromatic carbocycles. The molecular weight excluding hydrogens is 332 g/mol. The monoisotopic (exact) mass is 358 g/mol. The molecule has 1 amide bonds. The van der Waals surface area contributed by atoms with E-state index >= 15 is 0 Å². The summed E-state index contributed by atoms with van der Waals surface area (Å²) in [6, 6.07) is 2.03. The third-order valence-electron chi connectivity index (χ3n) is 5.47. The first-order chi connectivity index (χ1) is 12.1. The lowest BCUT2D eigenvalue weighted by atomic mass is 10.1. The summed E-state index contributed by atoms with van der Waals surface area (Å²) < 4.78 is 2.44. The highest BCUT2D eigenvalue weighted by Gasteiger charge is 2.25. The summed E-state index contributed by atoms with van der Waals surface area (Å²) in [7, 11) is 0. The minimum absolute atomic E-state index is 0.199. The van der Waals surface area contributed by atoms with Crippen molar-refractivity contribution in [3.63, 3.8) is 0 Å². The van der Waals surface area contributed by atoms with Crippen molar-refractivity contribution in [2.24, 2.45) is 0 Å². The largest absolute Gasteiger partial charge is 0.335 e. The van der Waals surface area contributed by atoms with Gasteiger partial charge in [-0.1, -0.05) is 0 Å². The van der Waals surface area contributed by atoms with Crippen LogP contribution in [-0.4, -0.2) is 51.4 Å². The molecule has 1 fully saturated rings. The second-order valence-corrected chi connectivity index (χ2v) is 8.09. The molecule has 1 saturated heterocycles. The minimum atomic E-state index is 0.199. The fraction of sp³-hybridized carbons (Fsp3) is 0.579. The number of carbonyl (C=O) groups excluding carboxylic acids is 1. The SMILES string of the molecule is Cc1ccsc1C(=O)N1CCN(Cc2c(C)nc3n2CCCC3)CC1. The number of thiophene rings is 1. The summed E-state index contributed by atoms with van der Waals surface area (Å²) in [5.41, 5.74) is 3.66. The Morgan fingerprint density at radius 3 is 2.68 bits per heavy atom. The topological polar surface area (TPSA) is 41.4 Å². The van der Waals surface area contributed by atoms with Crippen LogP contribution in [-0.2, 0) is 19.5 Å². The van der Waals surface area contributed by atoms with Gasteiger partial charge >= 0.3 is 0 Å². The Bertz CT molecular complexity index is 770. The molecule has 4 rings (SSSR count). The van der Waals surface area contributed by atoms with Crippen LogP contribution in [0.5, 0.6) is 0 Å². The van der Waals surface area contributed by atoms with Gasteiger partial charge in [0.05, 0.1) is 16.3 Å². The molecule has 4 heterocycles. The van der Waals surface area contributed by atoms with Crippen LogP contribution in [0.3, 0.4) is 0 Å². The van der Waals surface area contributed by atoms with Crippen molar-refractivity contribution in [2.45, 2.75) is 46.2 Å². The molecule has 6 heteroatoms. The summed E-state index contributed by atoms with van der Waals surface area (Å²) in [4.78, 5) is 22.8. The Morgan fingerprint density at radius 1 is 1.16 bits per heavy atom. The zero-order chi connectivity index (χ0) is 17.4. The number of fused-ring (bicyclic) bond motifs is 1. The average Bonchev–Trinajstić information content (AvgIpc) is 3.19. The zero-order valence-electron chi connectivity index (χ0n) is 15.1. The Kier molecular flexibility index (Phi) is 4.65. The lowest BCUT2D eigenvalue weighted by Gasteiger charge is -2.35. The molecule has 2 aliphatic heterocycles. The van der Waals surface area contributed by atoms with Crippen LogP contribution in [0.2, 0.25) is 0 Å². The zero-order valence-corrected chi connectivity index (χ0v) is 15.9. The standard InChI is InChI=1S/C19H26N4OS/c1-14-6-12-25-18(14)19(24)22-10-8-21(9-11-22)13-16-15(2)20-17-5-3-4-7-23(16)17/h6,12H,3-5,7-11,13H2,1-2H3. The summed E-state index contributed by atoms with van der Waals surface area (Å²) in [6.45, 7) is 9.74. The number of piperazine rings is 1. The van der Waals surface area contributed by atoms with Crippen molar-refractivity contribution in [2.75, 3.05) is 26.2 Å². The second-order valence-electron chi connectivity index (χ2n) is 7.17. The van der Waals surface area contributed by atoms with Gasteiger partial charge in [-0.05, 0) is 43.7 Å². The number of amides is 1. The van der Waals surface area contributed by atoms with Crippen LogP contribution >= 0.6 is 11.3 Å². The van der Waals surface area contributed by atoms with Crippen LogP contribution in [0, 0.1) is 13.8 Å². The van der Waals surface area contributed by atoms with Gasteiger partial charge in [0.15, 0.2) is 0 Å². The maximum atomic E-state index is 12.7. The normalized spacial score (nSPS) is 18.4. The third kappa shape index (κ3) is 3.25. The Balaban J connectivity index is 1.39. The van der Waals surface area contributed by atoms with E-state index in [9.17, 15) is 4.79 Å². The molecule has 0 unspecified atom stereocenters. The maximum Gasteiger partial charge on any atom is 0.264 e. The van der Waals surface area contributed by atoms with Gasteiger partial charge in [-0.15, -0.1) is 11.3 Å². The van der Waals surface area contributed by atoms with E-state index in [0.29, 0.717) is 0 Å². The van der Waals surface area contributed by atoms with Gasteiger partial charge in [0, 0.05) is 45.7 Å². The van der Waals surface area contributed by atoms with Crippen LogP contribution in [0.4, 0.5) is 0 Å². The van der Waals surface area contributed by atoms with Crippen molar-refractivity contribution in [1.29, 1.82) is 0 Å². The van der Waals surface area contributed by atoms with E-state index in [2.05, 4.69) is 16.4 Å². The average molecular weight is 359 g/mol. The van der Waals surface area contributed by atoms with Crippen molar-refractivity contribution in [1.82, 2.24) is 19.4 Å². The molecular formula is C19H26N4OS. The van der Waals surface area contributed by atoms with Gasteiger partial charge in [0.1, 0.15) is 5.82 Å². The molecule has 0 N–H and O–H groups in total. The Labute approximate surface area is 153 Å². The number of hydrogen-bond donors (Lipinski definition) is 0. The number of aryl methyl sites for hydroxylation is 3. The van der Waals surface area contributed by atoms with Gasteiger partial charge in [-0.3, -0.25) is 9.69 Å². The lowest BCUT2D eigenvalue weighted by molar-refractivity contribution is 0.0629. The summed E-state index contributed by atoms with van der Waals surface area (Å²) in [6.07, 6.45) is 3.64. The Morgan fingerprint density at radius 2 is 1.96 bits per heavy atom. The number of hydrogen-bond acceptors (Lipinski definition) is 4. The summed E-state index contributed by atoms with van der Waals surface area (Å²) in [5, 5.41) is 2.00. The predicted octanol–water partition coefficient (Wildman–Crippen LogP) is 2.86. The molecule has 2 aromatic heterocycles. The van der Waals surface area contributed by atoms with Gasteiger partial charge in [0.2, 0.25) is 0 Å². The molecule has 0 bridgehead atoms. The molecule has 0 aliphatic carbocycles. The smallest absolute Gasteiger partial charge is 0.264 e. The highest BCUT2D eigenvalue weighted by atomic mass is 32.1. The van der Waals surface area contributed by atoms with Gasteiger partial charge in [-0.2, -0.15) is 0 Å². The molecule has 0 saturated carbocycles. The summed E-state index contributed by atoms with van der Waals surface area (Å²) in [5.74, 6) is 1.46. The first-order valence-electron chi connectivity index (χ1n) is 9.24. The van der Waals surface area contributed by atoms with Crippen LogP contribution < -0.4 is 0 Å². The quantitative estimate of drug-likeness (QED) is 0.847. The molecule has 2 aromatic rings. The number of aromatic nitrogens is 2. The molecule has 2 aliphatic rings. The highest BCUT2D eigenvalue weighted by molar-refractivity contribution is 7.12. The lowest BCUT2D eigenvalue weighted by Crippen LogP contribution is -2.48. The number of carbonyl (C=O) groups is 1. The van der Waals surface area contributed by atoms with E-state index in [1.54, 1.807) is 11.3 Å². The van der Waals surface area contributed by atoms with Crippen LogP contribution in [0.1, 0.15) is 45.3 Å². The van der Waals surface area contributed by atoms with Crippen molar-refractivity contribution >= 4 is 17.2 Å². The fourth-order valence-electron chi connectivity index (χ4n) is 3.93. The Hall–Kier alpha value is -1.66. The van der Waals surface area contributed by atoms with E-state index < -0.39 is 0 Å². The third-order valence-corrected chi connectivity index (χ3v) is 6.48. The molecule has 0 atom stereocenters. The molecule has 0 spiro atoms. The van der Waals surface area contributed by atoms with Crippen molar-refractivity contribution < 1.29 is 4.79 Å². The van der Waals surface area contributed by atoms with E-state index in [1.165, 1.54) is 30.1 Å². The first-order valence-corrected chi connectivity index (χ1v) is 10.1. The number of rotatable bonds is 3. The molecule has 25 heavy (non-hydrogen) atoms. The molecule has 0 radical (unpaired) electrons. The van der Waals surface area contributed by atoms with Gasteiger partial charge in [0.25, 0.3) is 5.91 Å². The van der Waals surface area contributed by atoms with Crippen LogP contribution in [0.15, 0.2) is 11.4 Å². The van der Waals surface area contributed by atoms with Crippen molar-refractivity contribution in [3.05, 3.63) is 39.1 Å². The van der Waals surface area contributed by atoms with E-state index in [-0.39, 0.29) is 5.91 Å². The molecule has 134 valence electrons. The first kappa shape index (κ1) is 16.8. The second kappa shape index (κ2) is 6.92. The van der Waals surface area contributed by atoms with Gasteiger partial charge < -0.3 is 9.47 Å². The predicted molar refractivity (Wildman–Crippen MR) is 100 cm³/mol. The van der Waals surface area contributed by atoms with Crippen molar-refractivity contribution in [3.8, 4) is 0 Å². The fourth-order valence-corrected chi connectivity index (χ4v) is 4.83. The van der Waals surface area contributed by atoms with Crippen LogP contribution in [0.25, 0.3) is 0 Å². The number of imidazole rings is 1. The van der Waals surface area contributed by atoms with E-state index in [0.717, 1.165) is 56.1 Å². The minimum Gasteiger partial charge on any atom is -0.335 e. The maximum absolute atomic E-state index is 12.7. The molecule has 5 nitrogen and oxygen atoms in total.